The molecule has 0 saturated heterocycles. The summed E-state index contributed by atoms with van der Waals surface area (Å²) in [6.45, 7) is 0. The van der Waals surface area contributed by atoms with E-state index in [1.807, 2.05) is 0 Å². The van der Waals surface area contributed by atoms with E-state index < -0.39 is 21.8 Å². The highest BCUT2D eigenvalue weighted by atomic mass is 32.2. The van der Waals surface area contributed by atoms with Crippen molar-refractivity contribution in [2.45, 2.75) is 0 Å². The molecule has 0 spiro atoms. The van der Waals surface area contributed by atoms with Crippen LogP contribution in [0.1, 0.15) is 0 Å². The van der Waals surface area contributed by atoms with Crippen molar-refractivity contribution in [3.63, 3.8) is 0 Å². The smallest absolute Gasteiger partial charge is 0.274 e. The van der Waals surface area contributed by atoms with Crippen LogP contribution in [0.15, 0.2) is 0 Å². The molecular formula is C2H8N2O4S. The average molecular weight is 156 g/mol. The monoisotopic (exact) mass is 156 g/mol. The maximum Gasteiger partial charge on any atom is 0.274 e. The molecule has 0 aliphatic rings. The average Bonchev–Trinajstić information content (AvgIpc) is 1.21. The normalized spacial score (nSPS) is 9.89. The Morgan fingerprint density at radius 2 is 1.89 bits per heavy atom. The maximum atomic E-state index is 9.70. The second kappa shape index (κ2) is 3.38. The van der Waals surface area contributed by atoms with E-state index in [2.05, 4.69) is 5.73 Å². The fourth-order valence-electron chi connectivity index (χ4n) is 0.180. The van der Waals surface area contributed by atoms with Gasteiger partial charge in [0.25, 0.3) is 10.1 Å². The first kappa shape index (κ1) is 11.2. The summed E-state index contributed by atoms with van der Waals surface area (Å²) in [6, 6.07) is 0. The Hall–Kier alpha value is -0.660. The van der Waals surface area contributed by atoms with Crippen LogP contribution in [0.4, 0.5) is 0 Å². The highest BCUT2D eigenvalue weighted by Crippen LogP contribution is 1.76. The molecule has 56 valence electrons. The van der Waals surface area contributed by atoms with Crippen LogP contribution in [0.2, 0.25) is 0 Å². The Labute approximate surface area is 52.4 Å². The molecule has 0 atom stereocenters. The van der Waals surface area contributed by atoms with Crippen molar-refractivity contribution in [1.82, 2.24) is 6.15 Å². The van der Waals surface area contributed by atoms with Gasteiger partial charge in [0.2, 0.25) is 5.91 Å². The first-order chi connectivity index (χ1) is 3.42. The standard InChI is InChI=1S/C2H5NO4S.H3N/c3-2(4)1-8(5,6)7;/h1H2,(H2,3,4)(H,5,6,7);1H3. The lowest BCUT2D eigenvalue weighted by Gasteiger charge is -1.86. The minimum Gasteiger partial charge on any atom is -0.369 e. The zero-order valence-electron chi connectivity index (χ0n) is 4.57. The molecule has 0 fully saturated rings. The van der Waals surface area contributed by atoms with Crippen LogP contribution in [-0.4, -0.2) is 24.6 Å². The third kappa shape index (κ3) is 11.1. The first-order valence-corrected chi connectivity index (χ1v) is 3.26. The Morgan fingerprint density at radius 3 is 1.89 bits per heavy atom. The number of carbonyl (C=O) groups excluding carboxylic acids is 1. The number of hydrogen-bond donors (Lipinski definition) is 3. The third-order valence-corrected chi connectivity index (χ3v) is 0.974. The summed E-state index contributed by atoms with van der Waals surface area (Å²) in [6.07, 6.45) is 0. The van der Waals surface area contributed by atoms with Crippen molar-refractivity contribution in [3.05, 3.63) is 0 Å². The molecule has 6 N–H and O–H groups in total. The minimum atomic E-state index is -4.20. The lowest BCUT2D eigenvalue weighted by molar-refractivity contribution is -0.115. The van der Waals surface area contributed by atoms with Crippen LogP contribution < -0.4 is 11.9 Å². The number of hydrogen-bond acceptors (Lipinski definition) is 4. The van der Waals surface area contributed by atoms with Crippen LogP contribution >= 0.6 is 0 Å². The zero-order valence-corrected chi connectivity index (χ0v) is 5.39. The molecule has 0 aromatic heterocycles. The number of amides is 1. The highest BCUT2D eigenvalue weighted by molar-refractivity contribution is 7.86. The van der Waals surface area contributed by atoms with Gasteiger partial charge in [-0.05, 0) is 0 Å². The molecule has 0 aliphatic heterocycles. The van der Waals surface area contributed by atoms with Gasteiger partial charge in [-0.3, -0.25) is 9.35 Å². The summed E-state index contributed by atoms with van der Waals surface area (Å²) in [5, 5.41) is 0. The lowest BCUT2D eigenvalue weighted by atomic mass is 10.8. The summed E-state index contributed by atoms with van der Waals surface area (Å²) in [5.74, 6) is -2.07. The SMILES string of the molecule is N.NC(=O)CS(=O)(=O)O. The third-order valence-electron chi connectivity index (χ3n) is 0.325. The highest BCUT2D eigenvalue weighted by Gasteiger charge is 2.07. The van der Waals surface area contributed by atoms with Gasteiger partial charge in [0.05, 0.1) is 0 Å². The number of primary amides is 1. The molecule has 0 unspecified atom stereocenters. The lowest BCUT2D eigenvalue weighted by Crippen LogP contribution is -2.22. The number of carbonyl (C=O) groups is 1. The largest absolute Gasteiger partial charge is 0.369 e. The van der Waals surface area contributed by atoms with Gasteiger partial charge in [-0.15, -0.1) is 0 Å². The van der Waals surface area contributed by atoms with Crippen molar-refractivity contribution in [1.29, 1.82) is 0 Å². The molecule has 0 aromatic carbocycles. The quantitative estimate of drug-likeness (QED) is 0.419. The molecule has 6 nitrogen and oxygen atoms in total. The summed E-state index contributed by atoms with van der Waals surface area (Å²) in [5.41, 5.74) is 4.40. The summed E-state index contributed by atoms with van der Waals surface area (Å²) in [7, 11) is -4.20. The van der Waals surface area contributed by atoms with Gasteiger partial charge in [-0.2, -0.15) is 8.42 Å². The van der Waals surface area contributed by atoms with Crippen molar-refractivity contribution in [2.24, 2.45) is 5.73 Å². The van der Waals surface area contributed by atoms with E-state index in [9.17, 15) is 13.2 Å². The Bertz CT molecular complexity index is 183. The van der Waals surface area contributed by atoms with Crippen LogP contribution in [0.5, 0.6) is 0 Å². The summed E-state index contributed by atoms with van der Waals surface area (Å²) >= 11 is 0. The van der Waals surface area contributed by atoms with Gasteiger partial charge in [0.15, 0.2) is 5.75 Å². The number of rotatable bonds is 2. The van der Waals surface area contributed by atoms with Gasteiger partial charge in [0, 0.05) is 0 Å². The van der Waals surface area contributed by atoms with Gasteiger partial charge >= 0.3 is 0 Å². The van der Waals surface area contributed by atoms with Crippen LogP contribution in [0, 0.1) is 0 Å². The van der Waals surface area contributed by atoms with Gasteiger partial charge < -0.3 is 11.9 Å². The van der Waals surface area contributed by atoms with Crippen molar-refractivity contribution in [2.75, 3.05) is 5.75 Å². The van der Waals surface area contributed by atoms with E-state index in [1.165, 1.54) is 0 Å². The number of nitrogens with two attached hydrogens (primary N) is 1. The minimum absolute atomic E-state index is 0. The van der Waals surface area contributed by atoms with Gasteiger partial charge in [0.1, 0.15) is 0 Å². The molecule has 0 radical (unpaired) electrons. The summed E-state index contributed by atoms with van der Waals surface area (Å²) < 4.78 is 27.3. The molecule has 0 heterocycles. The topological polar surface area (TPSA) is 132 Å². The van der Waals surface area contributed by atoms with Crippen molar-refractivity contribution < 1.29 is 17.8 Å². The van der Waals surface area contributed by atoms with Crippen LogP contribution in [-0.2, 0) is 14.9 Å². The molecule has 0 aromatic rings. The van der Waals surface area contributed by atoms with Crippen LogP contribution in [0.3, 0.4) is 0 Å². The van der Waals surface area contributed by atoms with Crippen LogP contribution in [0.25, 0.3) is 0 Å². The molecule has 0 saturated carbocycles. The van der Waals surface area contributed by atoms with E-state index >= 15 is 0 Å². The van der Waals surface area contributed by atoms with Crippen molar-refractivity contribution >= 4 is 16.0 Å². The Kier molecular flexibility index (Phi) is 4.20. The molecule has 9 heavy (non-hydrogen) atoms. The van der Waals surface area contributed by atoms with E-state index in [0.29, 0.717) is 0 Å². The Balaban J connectivity index is 0. The molecule has 1 amide bonds. The molecule has 0 rings (SSSR count). The zero-order chi connectivity index (χ0) is 6.78. The maximum absolute atomic E-state index is 9.70. The predicted molar refractivity (Wildman–Crippen MR) is 30.6 cm³/mol. The van der Waals surface area contributed by atoms with Gasteiger partial charge in [-0.1, -0.05) is 0 Å². The van der Waals surface area contributed by atoms with Crippen molar-refractivity contribution in [3.8, 4) is 0 Å². The van der Waals surface area contributed by atoms with Gasteiger partial charge in [-0.25, -0.2) is 0 Å². The summed E-state index contributed by atoms with van der Waals surface area (Å²) in [4.78, 5) is 9.70. The second-order valence-corrected chi connectivity index (χ2v) is 2.65. The van der Waals surface area contributed by atoms with E-state index in [1.54, 1.807) is 0 Å². The van der Waals surface area contributed by atoms with E-state index in [4.69, 9.17) is 4.55 Å². The molecule has 0 bridgehead atoms. The Morgan fingerprint density at radius 1 is 1.56 bits per heavy atom. The predicted octanol–water partition coefficient (Wildman–Crippen LogP) is -1.48. The van der Waals surface area contributed by atoms with E-state index in [0.717, 1.165) is 0 Å². The van der Waals surface area contributed by atoms with E-state index in [-0.39, 0.29) is 6.15 Å². The second-order valence-electron chi connectivity index (χ2n) is 1.19. The molecule has 7 heteroatoms. The molecular weight excluding hydrogens is 148 g/mol. The fraction of sp³-hybridized carbons (Fsp3) is 0.500. The first-order valence-electron chi connectivity index (χ1n) is 1.65. The fourth-order valence-corrected chi connectivity index (χ4v) is 0.539. The molecule has 0 aliphatic carbocycles.